The average Bonchev–Trinajstić information content (AvgIpc) is 3.21. The number of fused-ring (bicyclic) bond motifs is 2. The van der Waals surface area contributed by atoms with E-state index < -0.39 is 9.73 Å². The Morgan fingerprint density at radius 2 is 1.84 bits per heavy atom. The highest BCUT2D eigenvalue weighted by Gasteiger charge is 2.21. The highest BCUT2D eigenvalue weighted by molar-refractivity contribution is 7.93. The zero-order chi connectivity index (χ0) is 21.6. The van der Waals surface area contributed by atoms with Crippen molar-refractivity contribution in [3.05, 3.63) is 54.1 Å². The highest BCUT2D eigenvalue weighted by Crippen LogP contribution is 2.40. The van der Waals surface area contributed by atoms with Gasteiger partial charge < -0.3 is 5.32 Å². The smallest absolute Gasteiger partial charge is 0.169 e. The SMILES string of the molecule is CC(C)c1nc(N=S2(=O)CCNCC2)c2cc3[nH]ncc3cc2c1-c1ccc(F)cc1. The van der Waals surface area contributed by atoms with Crippen molar-refractivity contribution in [3.8, 4) is 11.1 Å². The predicted octanol–water partition coefficient (Wildman–Crippen LogP) is 4.74. The molecule has 1 aliphatic heterocycles. The number of nitrogens with one attached hydrogen (secondary N) is 2. The summed E-state index contributed by atoms with van der Waals surface area (Å²) >= 11 is 0. The maximum atomic E-state index is 13.6. The predicted molar refractivity (Wildman–Crippen MR) is 124 cm³/mol. The summed E-state index contributed by atoms with van der Waals surface area (Å²) in [4.78, 5) is 4.94. The first-order valence-electron chi connectivity index (χ1n) is 10.4. The van der Waals surface area contributed by atoms with Crippen molar-refractivity contribution in [3.63, 3.8) is 0 Å². The van der Waals surface area contributed by atoms with Gasteiger partial charge in [-0.3, -0.25) is 5.10 Å². The number of nitrogens with zero attached hydrogens (tertiary/aromatic N) is 3. The Balaban J connectivity index is 1.88. The van der Waals surface area contributed by atoms with Crippen molar-refractivity contribution in [2.45, 2.75) is 19.8 Å². The molecule has 0 radical (unpaired) electrons. The van der Waals surface area contributed by atoms with Gasteiger partial charge in [-0.2, -0.15) is 9.46 Å². The number of hydrogen-bond donors (Lipinski definition) is 2. The first-order chi connectivity index (χ1) is 14.9. The molecule has 6 nitrogen and oxygen atoms in total. The lowest BCUT2D eigenvalue weighted by atomic mass is 9.92. The van der Waals surface area contributed by atoms with Gasteiger partial charge in [0.25, 0.3) is 0 Å². The summed E-state index contributed by atoms with van der Waals surface area (Å²) in [5, 5.41) is 13.2. The fourth-order valence-corrected chi connectivity index (χ4v) is 5.87. The number of hydrogen-bond acceptors (Lipinski definition) is 5. The second-order valence-electron chi connectivity index (χ2n) is 8.23. The lowest BCUT2D eigenvalue weighted by molar-refractivity contribution is 0.628. The number of rotatable bonds is 3. The number of pyridine rings is 1. The number of aromatic nitrogens is 3. The van der Waals surface area contributed by atoms with E-state index in [-0.39, 0.29) is 11.7 Å². The Labute approximate surface area is 180 Å². The highest BCUT2D eigenvalue weighted by atomic mass is 32.2. The Hall–Kier alpha value is -2.84. The zero-order valence-electron chi connectivity index (χ0n) is 17.5. The fraction of sp³-hybridized carbons (Fsp3) is 0.304. The molecular weight excluding hydrogens is 413 g/mol. The van der Waals surface area contributed by atoms with Crippen LogP contribution in [-0.2, 0) is 9.73 Å². The fourth-order valence-electron chi connectivity index (χ4n) is 4.10. The molecule has 2 N–H and O–H groups in total. The summed E-state index contributed by atoms with van der Waals surface area (Å²) in [6, 6.07) is 10.5. The molecule has 0 amide bonds. The number of H-pyrrole nitrogens is 1. The van der Waals surface area contributed by atoms with Gasteiger partial charge in [0.2, 0.25) is 0 Å². The van der Waals surface area contributed by atoms with Crippen molar-refractivity contribution in [1.29, 1.82) is 0 Å². The third-order valence-electron chi connectivity index (χ3n) is 5.70. The molecule has 5 rings (SSSR count). The van der Waals surface area contributed by atoms with Gasteiger partial charge in [0, 0.05) is 40.9 Å². The minimum absolute atomic E-state index is 0.101. The van der Waals surface area contributed by atoms with E-state index in [2.05, 4.69) is 35.4 Å². The minimum atomic E-state index is -2.38. The van der Waals surface area contributed by atoms with Crippen molar-refractivity contribution >= 4 is 37.2 Å². The molecule has 3 heterocycles. The normalized spacial score (nSPS) is 16.3. The average molecular weight is 438 g/mol. The van der Waals surface area contributed by atoms with Gasteiger partial charge in [0.15, 0.2) is 5.82 Å². The molecule has 8 heteroatoms. The van der Waals surface area contributed by atoms with E-state index in [1.54, 1.807) is 18.3 Å². The molecule has 0 aliphatic carbocycles. The van der Waals surface area contributed by atoms with Crippen LogP contribution in [0, 0.1) is 5.82 Å². The molecule has 0 unspecified atom stereocenters. The molecule has 31 heavy (non-hydrogen) atoms. The van der Waals surface area contributed by atoms with E-state index >= 15 is 0 Å². The summed E-state index contributed by atoms with van der Waals surface area (Å²) in [6.45, 7) is 5.53. The zero-order valence-corrected chi connectivity index (χ0v) is 18.3. The van der Waals surface area contributed by atoms with Crippen LogP contribution in [0.3, 0.4) is 0 Å². The summed E-state index contributed by atoms with van der Waals surface area (Å²) in [6.07, 6.45) is 1.78. The molecule has 0 saturated carbocycles. The van der Waals surface area contributed by atoms with Crippen LogP contribution in [0.15, 0.2) is 47.0 Å². The largest absolute Gasteiger partial charge is 0.315 e. The molecule has 1 saturated heterocycles. The molecule has 2 aromatic carbocycles. The Bertz CT molecular complexity index is 1390. The Morgan fingerprint density at radius 1 is 1.10 bits per heavy atom. The molecule has 0 atom stereocenters. The van der Waals surface area contributed by atoms with Crippen LogP contribution >= 0.6 is 0 Å². The summed E-state index contributed by atoms with van der Waals surface area (Å²) in [5.41, 5.74) is 3.57. The van der Waals surface area contributed by atoms with Crippen molar-refractivity contribution in [1.82, 2.24) is 20.5 Å². The lowest BCUT2D eigenvalue weighted by Gasteiger charge is -2.20. The Morgan fingerprint density at radius 3 is 2.55 bits per heavy atom. The van der Waals surface area contributed by atoms with Gasteiger partial charge in [0.05, 0.1) is 27.1 Å². The van der Waals surface area contributed by atoms with E-state index in [1.807, 2.05) is 6.07 Å². The minimum Gasteiger partial charge on any atom is -0.315 e. The van der Waals surface area contributed by atoms with Crippen molar-refractivity contribution < 1.29 is 8.60 Å². The topological polar surface area (TPSA) is 83.0 Å². The van der Waals surface area contributed by atoms with E-state index in [9.17, 15) is 8.60 Å². The second-order valence-corrected chi connectivity index (χ2v) is 10.8. The third kappa shape index (κ3) is 3.70. The number of aromatic amines is 1. The quantitative estimate of drug-likeness (QED) is 0.485. The van der Waals surface area contributed by atoms with Gasteiger partial charge in [-0.1, -0.05) is 26.0 Å². The number of benzene rings is 2. The van der Waals surface area contributed by atoms with Crippen LogP contribution in [0.5, 0.6) is 0 Å². The van der Waals surface area contributed by atoms with E-state index in [0.717, 1.165) is 38.5 Å². The van der Waals surface area contributed by atoms with Crippen LogP contribution < -0.4 is 5.32 Å². The van der Waals surface area contributed by atoms with Crippen molar-refractivity contribution in [2.75, 3.05) is 24.6 Å². The summed E-state index contributed by atoms with van der Waals surface area (Å²) in [7, 11) is -2.38. The molecule has 0 spiro atoms. The molecule has 0 bridgehead atoms. The van der Waals surface area contributed by atoms with E-state index in [4.69, 9.17) is 9.35 Å². The summed E-state index contributed by atoms with van der Waals surface area (Å²) < 4.78 is 31.8. The van der Waals surface area contributed by atoms with Gasteiger partial charge in [0.1, 0.15) is 5.82 Å². The monoisotopic (exact) mass is 437 g/mol. The first kappa shape index (κ1) is 20.1. The molecule has 4 aromatic rings. The van der Waals surface area contributed by atoms with E-state index in [1.165, 1.54) is 12.1 Å². The van der Waals surface area contributed by atoms with Crippen LogP contribution in [-0.4, -0.2) is 44.0 Å². The molecule has 1 fully saturated rings. The lowest BCUT2D eigenvalue weighted by Crippen LogP contribution is -2.35. The van der Waals surface area contributed by atoms with Gasteiger partial charge >= 0.3 is 0 Å². The van der Waals surface area contributed by atoms with Crippen LogP contribution in [0.25, 0.3) is 32.8 Å². The number of halogens is 1. The Kier molecular flexibility index (Phi) is 4.98. The third-order valence-corrected chi connectivity index (χ3v) is 7.89. The van der Waals surface area contributed by atoms with Crippen LogP contribution in [0.2, 0.25) is 0 Å². The maximum absolute atomic E-state index is 13.6. The van der Waals surface area contributed by atoms with Crippen LogP contribution in [0.1, 0.15) is 25.5 Å². The maximum Gasteiger partial charge on any atom is 0.169 e. The standard InChI is InChI=1S/C23H24FN5OS/c1-14(2)22-21(15-3-5-17(24)6-4-15)18-11-16-13-26-28-20(16)12-19(18)23(27-22)29-31(30)9-7-25-8-10-31/h3-6,11-14,25H,7-10H2,1-2H3,(H,26,28). The molecule has 2 aromatic heterocycles. The second kappa shape index (κ2) is 7.69. The molecular formula is C23H24FN5OS. The van der Waals surface area contributed by atoms with Gasteiger partial charge in [-0.25, -0.2) is 13.6 Å². The summed E-state index contributed by atoms with van der Waals surface area (Å²) in [5.74, 6) is 1.36. The molecule has 160 valence electrons. The van der Waals surface area contributed by atoms with Crippen molar-refractivity contribution in [2.24, 2.45) is 4.36 Å². The van der Waals surface area contributed by atoms with Crippen LogP contribution in [0.4, 0.5) is 10.2 Å². The first-order valence-corrected chi connectivity index (χ1v) is 12.3. The van der Waals surface area contributed by atoms with Gasteiger partial charge in [-0.15, -0.1) is 0 Å². The molecule has 1 aliphatic rings. The van der Waals surface area contributed by atoms with Gasteiger partial charge in [-0.05, 0) is 41.1 Å². The van der Waals surface area contributed by atoms with E-state index in [0.29, 0.717) is 30.4 Å².